The van der Waals surface area contributed by atoms with Crippen LogP contribution in [0.4, 0.5) is 0 Å². The molecule has 80 valence electrons. The molecular weight excluding hydrogens is 172 g/mol. The lowest BCUT2D eigenvalue weighted by atomic mass is 9.92. The van der Waals surface area contributed by atoms with Crippen molar-refractivity contribution in [2.45, 2.75) is 53.0 Å². The van der Waals surface area contributed by atoms with Gasteiger partial charge in [-0.3, -0.25) is 4.68 Å². The van der Waals surface area contributed by atoms with Crippen molar-refractivity contribution in [3.05, 3.63) is 18.0 Å². The van der Waals surface area contributed by atoms with Crippen molar-refractivity contribution in [2.24, 2.45) is 5.92 Å². The van der Waals surface area contributed by atoms with E-state index in [4.69, 9.17) is 0 Å². The molecule has 0 aliphatic heterocycles. The van der Waals surface area contributed by atoms with Gasteiger partial charge in [0.2, 0.25) is 0 Å². The third-order valence-corrected chi connectivity index (χ3v) is 2.40. The van der Waals surface area contributed by atoms with Gasteiger partial charge in [0.1, 0.15) is 0 Å². The summed E-state index contributed by atoms with van der Waals surface area (Å²) < 4.78 is 2.14. The van der Waals surface area contributed by atoms with Crippen molar-refractivity contribution >= 4 is 0 Å². The fourth-order valence-electron chi connectivity index (χ4n) is 1.53. The zero-order valence-corrected chi connectivity index (χ0v) is 10.0. The van der Waals surface area contributed by atoms with E-state index in [0.29, 0.717) is 0 Å². The maximum absolute atomic E-state index is 4.37. The van der Waals surface area contributed by atoms with Crippen LogP contribution < -0.4 is 0 Å². The van der Waals surface area contributed by atoms with Crippen molar-refractivity contribution in [3.8, 4) is 0 Å². The number of rotatable bonds is 3. The molecule has 0 fully saturated rings. The number of nitrogens with zero attached hydrogens (tertiary/aromatic N) is 2. The SMILES string of the molecule is CC(C)CCn1nccc1C(C)(C)C. The Morgan fingerprint density at radius 2 is 2.00 bits per heavy atom. The Labute approximate surface area is 87.3 Å². The summed E-state index contributed by atoms with van der Waals surface area (Å²) in [5.74, 6) is 0.743. The molecule has 0 saturated heterocycles. The Balaban J connectivity index is 2.73. The predicted molar refractivity (Wildman–Crippen MR) is 60.4 cm³/mol. The number of hydrogen-bond donors (Lipinski definition) is 0. The van der Waals surface area contributed by atoms with Crippen LogP contribution in [0.1, 0.15) is 46.7 Å². The summed E-state index contributed by atoms with van der Waals surface area (Å²) in [6, 6.07) is 2.13. The molecule has 0 unspecified atom stereocenters. The molecule has 0 spiro atoms. The minimum Gasteiger partial charge on any atom is -0.269 e. The van der Waals surface area contributed by atoms with E-state index < -0.39 is 0 Å². The van der Waals surface area contributed by atoms with Crippen LogP contribution in [-0.4, -0.2) is 9.78 Å². The number of aromatic nitrogens is 2. The Morgan fingerprint density at radius 3 is 2.50 bits per heavy atom. The first kappa shape index (κ1) is 11.3. The summed E-state index contributed by atoms with van der Waals surface area (Å²) in [7, 11) is 0. The van der Waals surface area contributed by atoms with Crippen LogP contribution in [0.25, 0.3) is 0 Å². The van der Waals surface area contributed by atoms with Crippen LogP contribution in [0, 0.1) is 5.92 Å². The molecule has 0 amide bonds. The highest BCUT2D eigenvalue weighted by atomic mass is 15.3. The lowest BCUT2D eigenvalue weighted by Gasteiger charge is -2.20. The van der Waals surface area contributed by atoms with Gasteiger partial charge < -0.3 is 0 Å². The van der Waals surface area contributed by atoms with Crippen molar-refractivity contribution in [3.63, 3.8) is 0 Å². The van der Waals surface area contributed by atoms with Crippen molar-refractivity contribution in [1.82, 2.24) is 9.78 Å². The van der Waals surface area contributed by atoms with Gasteiger partial charge in [-0.25, -0.2) is 0 Å². The third kappa shape index (κ3) is 2.86. The second-order valence-corrected chi connectivity index (χ2v) is 5.37. The van der Waals surface area contributed by atoms with Crippen molar-refractivity contribution < 1.29 is 0 Å². The molecule has 0 aromatic carbocycles. The van der Waals surface area contributed by atoms with Crippen LogP contribution >= 0.6 is 0 Å². The van der Waals surface area contributed by atoms with E-state index in [-0.39, 0.29) is 5.41 Å². The fourth-order valence-corrected chi connectivity index (χ4v) is 1.53. The molecule has 1 aromatic heterocycles. The van der Waals surface area contributed by atoms with E-state index in [9.17, 15) is 0 Å². The number of aryl methyl sites for hydroxylation is 1. The fraction of sp³-hybridized carbons (Fsp3) is 0.750. The van der Waals surface area contributed by atoms with Crippen molar-refractivity contribution in [1.29, 1.82) is 0 Å². The van der Waals surface area contributed by atoms with E-state index in [2.05, 4.69) is 50.5 Å². The maximum Gasteiger partial charge on any atom is 0.0492 e. The molecule has 1 rings (SSSR count). The molecule has 0 aliphatic rings. The standard InChI is InChI=1S/C12H22N2/c1-10(2)7-9-14-11(6-8-13-14)12(3,4)5/h6,8,10H,7,9H2,1-5H3. The zero-order chi connectivity index (χ0) is 10.8. The highest BCUT2D eigenvalue weighted by molar-refractivity contribution is 5.11. The molecule has 1 heterocycles. The van der Waals surface area contributed by atoms with Crippen LogP contribution in [0.5, 0.6) is 0 Å². The van der Waals surface area contributed by atoms with E-state index in [1.165, 1.54) is 12.1 Å². The highest BCUT2D eigenvalue weighted by Crippen LogP contribution is 2.21. The smallest absolute Gasteiger partial charge is 0.0492 e. The van der Waals surface area contributed by atoms with Gasteiger partial charge in [-0.1, -0.05) is 34.6 Å². The van der Waals surface area contributed by atoms with E-state index >= 15 is 0 Å². The Hall–Kier alpha value is -0.790. The minimum atomic E-state index is 0.202. The second kappa shape index (κ2) is 4.16. The molecule has 0 radical (unpaired) electrons. The van der Waals surface area contributed by atoms with Crippen molar-refractivity contribution in [2.75, 3.05) is 0 Å². The molecular formula is C12H22N2. The van der Waals surface area contributed by atoms with Gasteiger partial charge in [-0.05, 0) is 18.4 Å². The Kier molecular flexibility index (Phi) is 3.35. The lowest BCUT2D eigenvalue weighted by molar-refractivity contribution is 0.438. The molecule has 0 bridgehead atoms. The predicted octanol–water partition coefficient (Wildman–Crippen LogP) is 3.23. The van der Waals surface area contributed by atoms with Gasteiger partial charge in [-0.2, -0.15) is 5.10 Å². The quantitative estimate of drug-likeness (QED) is 0.722. The van der Waals surface area contributed by atoms with Gasteiger partial charge in [0.15, 0.2) is 0 Å². The summed E-state index contributed by atoms with van der Waals surface area (Å²) in [5.41, 5.74) is 1.53. The lowest BCUT2D eigenvalue weighted by Crippen LogP contribution is -2.19. The average molecular weight is 194 g/mol. The summed E-state index contributed by atoms with van der Waals surface area (Å²) >= 11 is 0. The molecule has 14 heavy (non-hydrogen) atoms. The Bertz CT molecular complexity index is 279. The van der Waals surface area contributed by atoms with Crippen LogP contribution in [0.3, 0.4) is 0 Å². The summed E-state index contributed by atoms with van der Waals surface area (Å²) in [6.45, 7) is 12.2. The topological polar surface area (TPSA) is 17.8 Å². The summed E-state index contributed by atoms with van der Waals surface area (Å²) in [6.07, 6.45) is 3.10. The molecule has 2 nitrogen and oxygen atoms in total. The van der Waals surface area contributed by atoms with Gasteiger partial charge in [0, 0.05) is 23.9 Å². The first-order valence-electron chi connectivity index (χ1n) is 5.43. The largest absolute Gasteiger partial charge is 0.269 e. The first-order chi connectivity index (χ1) is 6.41. The van der Waals surface area contributed by atoms with E-state index in [1.807, 2.05) is 6.20 Å². The maximum atomic E-state index is 4.37. The third-order valence-electron chi connectivity index (χ3n) is 2.40. The summed E-state index contributed by atoms with van der Waals surface area (Å²) in [5, 5.41) is 4.37. The highest BCUT2D eigenvalue weighted by Gasteiger charge is 2.18. The van der Waals surface area contributed by atoms with Gasteiger partial charge in [-0.15, -0.1) is 0 Å². The monoisotopic (exact) mass is 194 g/mol. The first-order valence-corrected chi connectivity index (χ1v) is 5.43. The molecule has 1 aromatic rings. The number of hydrogen-bond acceptors (Lipinski definition) is 1. The Morgan fingerprint density at radius 1 is 1.36 bits per heavy atom. The van der Waals surface area contributed by atoms with Crippen LogP contribution in [0.15, 0.2) is 12.3 Å². The molecule has 2 heteroatoms. The molecule has 0 aliphatic carbocycles. The second-order valence-electron chi connectivity index (χ2n) is 5.37. The summed E-state index contributed by atoms with van der Waals surface area (Å²) in [4.78, 5) is 0. The molecule has 0 N–H and O–H groups in total. The van der Waals surface area contributed by atoms with Gasteiger partial charge in [0.25, 0.3) is 0 Å². The average Bonchev–Trinajstić information content (AvgIpc) is 2.46. The van der Waals surface area contributed by atoms with E-state index in [0.717, 1.165) is 12.5 Å². The molecule has 0 saturated carbocycles. The van der Waals surface area contributed by atoms with Crippen LogP contribution in [-0.2, 0) is 12.0 Å². The van der Waals surface area contributed by atoms with Gasteiger partial charge >= 0.3 is 0 Å². The van der Waals surface area contributed by atoms with E-state index in [1.54, 1.807) is 0 Å². The zero-order valence-electron chi connectivity index (χ0n) is 10.0. The molecule has 0 atom stereocenters. The normalized spacial score (nSPS) is 12.4. The minimum absolute atomic E-state index is 0.202. The van der Waals surface area contributed by atoms with Gasteiger partial charge in [0.05, 0.1) is 0 Å². The van der Waals surface area contributed by atoms with Crippen LogP contribution in [0.2, 0.25) is 0 Å².